The molecular weight excluding hydrogens is 388 g/mol. The molecule has 1 aromatic carbocycles. The second-order valence-corrected chi connectivity index (χ2v) is 7.44. The summed E-state index contributed by atoms with van der Waals surface area (Å²) in [6.45, 7) is 1.17. The number of esters is 2. The fraction of sp³-hybridized carbons (Fsp3) is 0.579. The Kier molecular flexibility index (Phi) is 6.11. The van der Waals surface area contributed by atoms with Crippen LogP contribution in [0.15, 0.2) is 18.2 Å². The zero-order valence-electron chi connectivity index (χ0n) is 16.0. The summed E-state index contributed by atoms with van der Waals surface area (Å²) in [7, 11) is 1.27. The van der Waals surface area contributed by atoms with E-state index in [4.69, 9.17) is 18.9 Å². The van der Waals surface area contributed by atoms with Gasteiger partial charge in [-0.05, 0) is 6.07 Å². The van der Waals surface area contributed by atoms with Crippen molar-refractivity contribution in [2.75, 3.05) is 13.7 Å². The summed E-state index contributed by atoms with van der Waals surface area (Å²) >= 11 is 0. The Hall–Kier alpha value is -2.24. The largest absolute Gasteiger partial charge is 0.469 e. The van der Waals surface area contributed by atoms with Gasteiger partial charge < -0.3 is 39.4 Å². The lowest BCUT2D eigenvalue weighted by Crippen LogP contribution is -2.60. The van der Waals surface area contributed by atoms with Crippen LogP contribution in [0, 0.1) is 0 Å². The highest BCUT2D eigenvalue weighted by molar-refractivity contribution is 5.81. The molecule has 2 heterocycles. The van der Waals surface area contributed by atoms with E-state index in [0.717, 1.165) is 0 Å². The van der Waals surface area contributed by atoms with Crippen molar-refractivity contribution in [3.8, 4) is 11.5 Å². The van der Waals surface area contributed by atoms with Gasteiger partial charge >= 0.3 is 11.9 Å². The maximum absolute atomic E-state index is 12.1. The number of benzene rings is 1. The van der Waals surface area contributed by atoms with Crippen molar-refractivity contribution < 1.29 is 49.0 Å². The molecule has 2 aliphatic heterocycles. The lowest BCUT2D eigenvalue weighted by atomic mass is 9.75. The summed E-state index contributed by atoms with van der Waals surface area (Å²) in [5, 5.41) is 39.0. The zero-order valence-corrected chi connectivity index (χ0v) is 16.0. The number of aliphatic hydroxyl groups is 4. The third-order valence-corrected chi connectivity index (χ3v) is 5.22. The van der Waals surface area contributed by atoms with Gasteiger partial charge in [-0.1, -0.05) is 13.0 Å². The van der Waals surface area contributed by atoms with E-state index in [0.29, 0.717) is 5.56 Å². The molecule has 0 spiro atoms. The molecule has 1 fully saturated rings. The number of rotatable bonds is 5. The molecule has 1 saturated heterocycles. The van der Waals surface area contributed by atoms with Crippen LogP contribution in [0.5, 0.6) is 11.5 Å². The number of ether oxygens (including phenoxy) is 4. The Labute approximate surface area is 166 Å². The molecule has 3 unspecified atom stereocenters. The van der Waals surface area contributed by atoms with Gasteiger partial charge in [0.15, 0.2) is 0 Å². The van der Waals surface area contributed by atoms with Crippen molar-refractivity contribution in [3.63, 3.8) is 0 Å². The fourth-order valence-corrected chi connectivity index (χ4v) is 3.58. The standard InChI is InChI=1S/C19H24O10/c1-19(6-13(21)26-2)7-14(22)28-11-5-9(3-4-10(11)19)27-18-17(25)16(24)15(23)12(8-20)29-18/h3-5,12,15-18,20,23-25H,6-8H2,1-2H3/t12?,15-,16+,17?,18+,19?/m0/s1. The average molecular weight is 412 g/mol. The molecule has 0 amide bonds. The van der Waals surface area contributed by atoms with Crippen LogP contribution in [0.3, 0.4) is 0 Å². The van der Waals surface area contributed by atoms with Crippen molar-refractivity contribution in [1.29, 1.82) is 0 Å². The van der Waals surface area contributed by atoms with Crippen LogP contribution in [0.1, 0.15) is 25.3 Å². The molecule has 0 radical (unpaired) electrons. The number of fused-ring (bicyclic) bond motifs is 1. The fourth-order valence-electron chi connectivity index (χ4n) is 3.58. The van der Waals surface area contributed by atoms with Crippen LogP contribution in [-0.4, -0.2) is 76.8 Å². The molecule has 0 bridgehead atoms. The highest BCUT2D eigenvalue weighted by atomic mass is 16.7. The summed E-state index contributed by atoms with van der Waals surface area (Å²) in [4.78, 5) is 23.8. The van der Waals surface area contributed by atoms with Crippen molar-refractivity contribution >= 4 is 11.9 Å². The van der Waals surface area contributed by atoms with E-state index in [1.807, 2.05) is 0 Å². The number of carbonyl (C=O) groups excluding carboxylic acids is 2. The molecule has 3 rings (SSSR count). The molecule has 10 nitrogen and oxygen atoms in total. The quantitative estimate of drug-likeness (QED) is 0.350. The molecule has 29 heavy (non-hydrogen) atoms. The summed E-state index contributed by atoms with van der Waals surface area (Å²) in [5.74, 6) is -0.637. The predicted molar refractivity (Wildman–Crippen MR) is 95.1 cm³/mol. The Morgan fingerprint density at radius 2 is 1.97 bits per heavy atom. The van der Waals surface area contributed by atoms with E-state index in [2.05, 4.69) is 0 Å². The maximum atomic E-state index is 12.1. The SMILES string of the molecule is COC(=O)CC1(C)CC(=O)Oc2cc(O[C@@H]3OC(CO)[C@H](O)[C@@H](O)C3O)ccc21. The summed E-state index contributed by atoms with van der Waals surface area (Å²) in [6, 6.07) is 4.57. The monoisotopic (exact) mass is 412 g/mol. The first kappa shape index (κ1) is 21.5. The molecule has 0 saturated carbocycles. The smallest absolute Gasteiger partial charge is 0.312 e. The van der Waals surface area contributed by atoms with Crippen LogP contribution in [0.4, 0.5) is 0 Å². The summed E-state index contributed by atoms with van der Waals surface area (Å²) < 4.78 is 20.9. The Bertz CT molecular complexity index is 778. The van der Waals surface area contributed by atoms with Gasteiger partial charge in [-0.3, -0.25) is 9.59 Å². The van der Waals surface area contributed by atoms with E-state index >= 15 is 0 Å². The molecular formula is C19H24O10. The topological polar surface area (TPSA) is 152 Å². The number of hydrogen-bond donors (Lipinski definition) is 4. The molecule has 4 N–H and O–H groups in total. The lowest BCUT2D eigenvalue weighted by Gasteiger charge is -2.39. The summed E-state index contributed by atoms with van der Waals surface area (Å²) in [5.41, 5.74) is -0.206. The van der Waals surface area contributed by atoms with Crippen LogP contribution in [-0.2, 0) is 24.5 Å². The minimum absolute atomic E-state index is 0.00200. The normalized spacial score (nSPS) is 34.1. The third-order valence-electron chi connectivity index (χ3n) is 5.22. The van der Waals surface area contributed by atoms with Gasteiger partial charge in [-0.15, -0.1) is 0 Å². The summed E-state index contributed by atoms with van der Waals surface area (Å²) in [6.07, 6.45) is -7.15. The number of hydrogen-bond acceptors (Lipinski definition) is 10. The first-order valence-electron chi connectivity index (χ1n) is 9.07. The lowest BCUT2D eigenvalue weighted by molar-refractivity contribution is -0.277. The Morgan fingerprint density at radius 3 is 2.62 bits per heavy atom. The van der Waals surface area contributed by atoms with Gasteiger partial charge in [-0.25, -0.2) is 0 Å². The minimum Gasteiger partial charge on any atom is -0.469 e. The third kappa shape index (κ3) is 4.21. The molecule has 0 aliphatic carbocycles. The van der Waals surface area contributed by atoms with Crippen molar-refractivity contribution in [2.24, 2.45) is 0 Å². The van der Waals surface area contributed by atoms with Crippen LogP contribution < -0.4 is 9.47 Å². The zero-order chi connectivity index (χ0) is 21.3. The Balaban J connectivity index is 1.84. The van der Waals surface area contributed by atoms with Crippen LogP contribution >= 0.6 is 0 Å². The number of carbonyl (C=O) groups is 2. The highest BCUT2D eigenvalue weighted by Crippen LogP contribution is 2.43. The van der Waals surface area contributed by atoms with Gasteiger partial charge in [-0.2, -0.15) is 0 Å². The van der Waals surface area contributed by atoms with Crippen molar-refractivity contribution in [1.82, 2.24) is 0 Å². The predicted octanol–water partition coefficient (Wildman–Crippen LogP) is -1.00. The van der Waals surface area contributed by atoms with E-state index < -0.39 is 54.7 Å². The number of aliphatic hydroxyl groups excluding tert-OH is 4. The highest BCUT2D eigenvalue weighted by Gasteiger charge is 2.45. The molecule has 160 valence electrons. The molecule has 1 aromatic rings. The van der Waals surface area contributed by atoms with Crippen molar-refractivity contribution in [2.45, 2.75) is 55.9 Å². The molecule has 0 aromatic heterocycles. The Morgan fingerprint density at radius 1 is 1.24 bits per heavy atom. The van der Waals surface area contributed by atoms with Crippen LogP contribution in [0.25, 0.3) is 0 Å². The molecule has 2 aliphatic rings. The van der Waals surface area contributed by atoms with Gasteiger partial charge in [0.2, 0.25) is 6.29 Å². The first-order valence-corrected chi connectivity index (χ1v) is 9.07. The van der Waals surface area contributed by atoms with Crippen LogP contribution in [0.2, 0.25) is 0 Å². The van der Waals surface area contributed by atoms with E-state index in [1.54, 1.807) is 13.0 Å². The second kappa shape index (κ2) is 8.25. The van der Waals surface area contributed by atoms with E-state index in [9.17, 15) is 30.0 Å². The molecule has 10 heteroatoms. The average Bonchev–Trinajstić information content (AvgIpc) is 2.67. The van der Waals surface area contributed by atoms with Gasteiger partial charge in [0.05, 0.1) is 26.6 Å². The number of methoxy groups -OCH3 is 1. The second-order valence-electron chi connectivity index (χ2n) is 7.44. The van der Waals surface area contributed by atoms with Gasteiger partial charge in [0, 0.05) is 17.0 Å². The van der Waals surface area contributed by atoms with Crippen molar-refractivity contribution in [3.05, 3.63) is 23.8 Å². The first-order chi connectivity index (χ1) is 13.7. The van der Waals surface area contributed by atoms with Gasteiger partial charge in [0.1, 0.15) is 35.9 Å². The van der Waals surface area contributed by atoms with E-state index in [-0.39, 0.29) is 24.3 Å². The maximum Gasteiger partial charge on any atom is 0.312 e. The van der Waals surface area contributed by atoms with E-state index in [1.165, 1.54) is 19.2 Å². The minimum atomic E-state index is -1.58. The van der Waals surface area contributed by atoms with Gasteiger partial charge in [0.25, 0.3) is 0 Å². The molecule has 6 atom stereocenters.